The van der Waals surface area contributed by atoms with Crippen LogP contribution in [-0.2, 0) is 0 Å². The number of nitrogens with zero attached hydrogens (tertiary/aromatic N) is 2. The van der Waals surface area contributed by atoms with Crippen LogP contribution < -0.4 is 5.56 Å². The minimum Gasteiger partial charge on any atom is -0.306 e. The standard InChI is InChI=1S/C9H7N3O/c1-5-8-9(13)11-7-4-2-3-6(10-5)12(7)8/h2-4H,1H3,(H,11,13). The first-order valence-corrected chi connectivity index (χ1v) is 4.07. The fourth-order valence-corrected chi connectivity index (χ4v) is 1.75. The molecule has 64 valence electrons. The van der Waals surface area contributed by atoms with Crippen LogP contribution in [0.5, 0.6) is 0 Å². The molecule has 0 radical (unpaired) electrons. The lowest BCUT2D eigenvalue weighted by molar-refractivity contribution is 1.24. The van der Waals surface area contributed by atoms with E-state index < -0.39 is 0 Å². The Bertz CT molecular complexity index is 634. The zero-order valence-electron chi connectivity index (χ0n) is 7.03. The topological polar surface area (TPSA) is 50.2 Å². The van der Waals surface area contributed by atoms with Crippen LogP contribution in [0.2, 0.25) is 0 Å². The first-order chi connectivity index (χ1) is 6.27. The van der Waals surface area contributed by atoms with Crippen LogP contribution in [0, 0.1) is 6.92 Å². The number of aromatic nitrogens is 3. The van der Waals surface area contributed by atoms with Gasteiger partial charge in [0.05, 0.1) is 5.69 Å². The van der Waals surface area contributed by atoms with Gasteiger partial charge in [-0.15, -0.1) is 0 Å². The quantitative estimate of drug-likeness (QED) is 0.549. The van der Waals surface area contributed by atoms with E-state index in [-0.39, 0.29) is 5.56 Å². The van der Waals surface area contributed by atoms with Gasteiger partial charge in [0.15, 0.2) is 0 Å². The minimum absolute atomic E-state index is 0.0637. The van der Waals surface area contributed by atoms with Crippen molar-refractivity contribution in [3.63, 3.8) is 0 Å². The molecule has 0 bridgehead atoms. The normalized spacial score (nSPS) is 11.8. The largest absolute Gasteiger partial charge is 0.306 e. The van der Waals surface area contributed by atoms with Crippen LogP contribution in [0.15, 0.2) is 23.0 Å². The summed E-state index contributed by atoms with van der Waals surface area (Å²) in [5, 5.41) is 0. The van der Waals surface area contributed by atoms with Crippen molar-refractivity contribution >= 4 is 16.8 Å². The number of imidazole rings is 2. The molecule has 0 spiro atoms. The predicted molar refractivity (Wildman–Crippen MR) is 49.2 cm³/mol. The maximum Gasteiger partial charge on any atom is 0.275 e. The van der Waals surface area contributed by atoms with E-state index >= 15 is 0 Å². The highest BCUT2D eigenvalue weighted by atomic mass is 16.1. The third-order valence-corrected chi connectivity index (χ3v) is 2.27. The summed E-state index contributed by atoms with van der Waals surface area (Å²) >= 11 is 0. The number of nitrogens with one attached hydrogen (secondary N) is 1. The lowest BCUT2D eigenvalue weighted by atomic mass is 10.4. The van der Waals surface area contributed by atoms with Crippen LogP contribution >= 0.6 is 0 Å². The van der Waals surface area contributed by atoms with Crippen molar-refractivity contribution in [2.75, 3.05) is 0 Å². The Labute approximate surface area is 73.2 Å². The number of rotatable bonds is 0. The van der Waals surface area contributed by atoms with Gasteiger partial charge in [0.1, 0.15) is 16.8 Å². The van der Waals surface area contributed by atoms with Gasteiger partial charge in [0.2, 0.25) is 0 Å². The number of hydrogen-bond donors (Lipinski definition) is 1. The van der Waals surface area contributed by atoms with Gasteiger partial charge in [-0.05, 0) is 19.1 Å². The van der Waals surface area contributed by atoms with Gasteiger partial charge < -0.3 is 4.98 Å². The molecule has 1 N–H and O–H groups in total. The van der Waals surface area contributed by atoms with Gasteiger partial charge in [-0.2, -0.15) is 0 Å². The Kier molecular flexibility index (Phi) is 0.974. The molecule has 0 aliphatic heterocycles. The van der Waals surface area contributed by atoms with E-state index in [4.69, 9.17) is 0 Å². The highest BCUT2D eigenvalue weighted by molar-refractivity contribution is 5.68. The fourth-order valence-electron chi connectivity index (χ4n) is 1.75. The smallest absolute Gasteiger partial charge is 0.275 e. The van der Waals surface area contributed by atoms with Crippen molar-refractivity contribution in [2.24, 2.45) is 0 Å². The molecule has 4 nitrogen and oxygen atoms in total. The second kappa shape index (κ2) is 1.90. The Morgan fingerprint density at radius 2 is 2.31 bits per heavy atom. The molecule has 0 aromatic carbocycles. The molecule has 0 amide bonds. The van der Waals surface area contributed by atoms with E-state index in [2.05, 4.69) is 9.97 Å². The Hall–Kier alpha value is -1.84. The van der Waals surface area contributed by atoms with Crippen molar-refractivity contribution in [3.8, 4) is 0 Å². The maximum atomic E-state index is 11.5. The molecular weight excluding hydrogens is 166 g/mol. The van der Waals surface area contributed by atoms with E-state index in [0.29, 0.717) is 5.52 Å². The number of aryl methyl sites for hydroxylation is 1. The molecule has 3 aromatic rings. The van der Waals surface area contributed by atoms with Crippen molar-refractivity contribution in [1.29, 1.82) is 0 Å². The first kappa shape index (κ1) is 6.65. The molecule has 3 rings (SSSR count). The fraction of sp³-hybridized carbons (Fsp3) is 0.111. The summed E-state index contributed by atoms with van der Waals surface area (Å²) in [6, 6.07) is 5.63. The molecule has 0 fully saturated rings. The van der Waals surface area contributed by atoms with Crippen LogP contribution in [0.1, 0.15) is 5.69 Å². The highest BCUT2D eigenvalue weighted by Crippen LogP contribution is 2.13. The van der Waals surface area contributed by atoms with Gasteiger partial charge in [0.25, 0.3) is 5.56 Å². The van der Waals surface area contributed by atoms with E-state index in [1.807, 2.05) is 29.5 Å². The van der Waals surface area contributed by atoms with E-state index in [0.717, 1.165) is 17.0 Å². The molecule has 0 aliphatic rings. The summed E-state index contributed by atoms with van der Waals surface area (Å²) in [4.78, 5) is 18.5. The zero-order chi connectivity index (χ0) is 9.00. The first-order valence-electron chi connectivity index (χ1n) is 4.07. The molecule has 0 saturated heterocycles. The number of hydrogen-bond acceptors (Lipinski definition) is 2. The summed E-state index contributed by atoms with van der Waals surface area (Å²) in [6.45, 7) is 1.84. The number of pyridine rings is 1. The van der Waals surface area contributed by atoms with Crippen LogP contribution in [0.25, 0.3) is 16.8 Å². The van der Waals surface area contributed by atoms with E-state index in [1.165, 1.54) is 0 Å². The predicted octanol–water partition coefficient (Wildman–Crippen LogP) is 0.922. The van der Waals surface area contributed by atoms with E-state index in [9.17, 15) is 4.79 Å². The van der Waals surface area contributed by atoms with Crippen molar-refractivity contribution in [1.82, 2.24) is 14.4 Å². The van der Waals surface area contributed by atoms with Crippen LogP contribution in [-0.4, -0.2) is 14.4 Å². The van der Waals surface area contributed by atoms with Crippen molar-refractivity contribution in [3.05, 3.63) is 34.2 Å². The monoisotopic (exact) mass is 173 g/mol. The maximum absolute atomic E-state index is 11.5. The molecule has 3 heterocycles. The molecular formula is C9H7N3O. The number of H-pyrrole nitrogens is 1. The second-order valence-electron chi connectivity index (χ2n) is 3.10. The number of aromatic amines is 1. The van der Waals surface area contributed by atoms with Crippen LogP contribution in [0.4, 0.5) is 0 Å². The van der Waals surface area contributed by atoms with Crippen molar-refractivity contribution in [2.45, 2.75) is 6.92 Å². The summed E-state index contributed by atoms with van der Waals surface area (Å²) in [5.41, 5.74) is 3.00. The van der Waals surface area contributed by atoms with Crippen molar-refractivity contribution < 1.29 is 0 Å². The van der Waals surface area contributed by atoms with E-state index in [1.54, 1.807) is 0 Å². The third-order valence-electron chi connectivity index (χ3n) is 2.27. The Morgan fingerprint density at radius 3 is 3.15 bits per heavy atom. The molecule has 0 saturated carbocycles. The summed E-state index contributed by atoms with van der Waals surface area (Å²) in [7, 11) is 0. The lowest BCUT2D eigenvalue weighted by Crippen LogP contribution is -1.98. The van der Waals surface area contributed by atoms with Gasteiger partial charge in [-0.3, -0.25) is 9.20 Å². The Balaban J connectivity index is 2.84. The molecule has 0 aliphatic carbocycles. The minimum atomic E-state index is -0.0637. The zero-order valence-corrected chi connectivity index (χ0v) is 7.03. The second-order valence-corrected chi connectivity index (χ2v) is 3.10. The average molecular weight is 173 g/mol. The lowest BCUT2D eigenvalue weighted by Gasteiger charge is -1.89. The summed E-state index contributed by atoms with van der Waals surface area (Å²) in [6.07, 6.45) is 0. The van der Waals surface area contributed by atoms with Gasteiger partial charge in [0, 0.05) is 0 Å². The molecule has 13 heavy (non-hydrogen) atoms. The van der Waals surface area contributed by atoms with Gasteiger partial charge >= 0.3 is 0 Å². The molecule has 0 unspecified atom stereocenters. The van der Waals surface area contributed by atoms with Gasteiger partial charge in [-0.25, -0.2) is 4.98 Å². The summed E-state index contributed by atoms with van der Waals surface area (Å²) < 4.78 is 1.84. The highest BCUT2D eigenvalue weighted by Gasteiger charge is 2.11. The van der Waals surface area contributed by atoms with Gasteiger partial charge in [-0.1, -0.05) is 6.07 Å². The Morgan fingerprint density at radius 1 is 1.46 bits per heavy atom. The molecule has 4 heteroatoms. The molecule has 3 aromatic heterocycles. The summed E-state index contributed by atoms with van der Waals surface area (Å²) in [5.74, 6) is 0. The average Bonchev–Trinajstić information content (AvgIpc) is 2.57. The van der Waals surface area contributed by atoms with Crippen LogP contribution in [0.3, 0.4) is 0 Å². The SMILES string of the molecule is Cc1nc2cccc3[nH]c(=O)c1n23. The molecule has 0 atom stereocenters. The third kappa shape index (κ3) is 0.654.